The Bertz CT molecular complexity index is 862. The predicted molar refractivity (Wildman–Crippen MR) is 79.8 cm³/mol. The van der Waals surface area contributed by atoms with Gasteiger partial charge in [-0.25, -0.2) is 0 Å². The summed E-state index contributed by atoms with van der Waals surface area (Å²) >= 11 is 1.54. The maximum absolute atomic E-state index is 12.1. The molecule has 0 bridgehead atoms. The number of hydrogen-bond donors (Lipinski definition) is 1. The number of carboxylic acid groups (broad SMARTS) is 1. The molecule has 6 nitrogen and oxygen atoms in total. The average Bonchev–Trinajstić information content (AvgIpc) is 3.07. The van der Waals surface area contributed by atoms with Gasteiger partial charge in [0.1, 0.15) is 11.3 Å². The van der Waals surface area contributed by atoms with Crippen molar-refractivity contribution in [1.29, 1.82) is 0 Å². The highest BCUT2D eigenvalue weighted by molar-refractivity contribution is 7.13. The van der Waals surface area contributed by atoms with Crippen LogP contribution in [0.5, 0.6) is 0 Å². The van der Waals surface area contributed by atoms with Gasteiger partial charge in [0.15, 0.2) is 0 Å². The molecule has 0 aliphatic rings. The smallest absolute Gasteiger partial charge is 0.309 e. The summed E-state index contributed by atoms with van der Waals surface area (Å²) in [5, 5.41) is 15.2. The van der Waals surface area contributed by atoms with Gasteiger partial charge < -0.3 is 9.67 Å². The molecule has 108 valence electrons. The molecule has 0 spiro atoms. The summed E-state index contributed by atoms with van der Waals surface area (Å²) in [5.41, 5.74) is 1.51. The SMILES string of the molecule is CCn1c(CC(=O)O)cc(=O)n2nc(-c3cccs3)cc12. The highest BCUT2D eigenvalue weighted by Gasteiger charge is 2.14. The molecule has 0 aromatic carbocycles. The van der Waals surface area contributed by atoms with E-state index in [0.717, 1.165) is 10.6 Å². The Labute approximate surface area is 123 Å². The van der Waals surface area contributed by atoms with E-state index >= 15 is 0 Å². The quantitative estimate of drug-likeness (QED) is 0.798. The van der Waals surface area contributed by atoms with Gasteiger partial charge in [0, 0.05) is 24.4 Å². The van der Waals surface area contributed by atoms with E-state index in [1.165, 1.54) is 10.6 Å². The number of aliphatic carboxylic acids is 1. The molecular weight excluding hydrogens is 290 g/mol. The van der Waals surface area contributed by atoms with Crippen molar-refractivity contribution < 1.29 is 9.90 Å². The van der Waals surface area contributed by atoms with Gasteiger partial charge in [0.05, 0.1) is 11.3 Å². The van der Waals surface area contributed by atoms with Gasteiger partial charge in [-0.1, -0.05) is 6.07 Å². The van der Waals surface area contributed by atoms with Crippen molar-refractivity contribution in [3.63, 3.8) is 0 Å². The van der Waals surface area contributed by atoms with Crippen LogP contribution < -0.4 is 5.56 Å². The molecule has 3 aromatic rings. The van der Waals surface area contributed by atoms with E-state index in [0.29, 0.717) is 17.9 Å². The topological polar surface area (TPSA) is 76.6 Å². The molecule has 0 unspecified atom stereocenters. The van der Waals surface area contributed by atoms with Crippen LogP contribution >= 0.6 is 11.3 Å². The number of fused-ring (bicyclic) bond motifs is 1. The fourth-order valence-electron chi connectivity index (χ4n) is 2.37. The van der Waals surface area contributed by atoms with Crippen molar-refractivity contribution >= 4 is 23.0 Å². The number of carboxylic acids is 1. The van der Waals surface area contributed by atoms with Crippen LogP contribution in [0.25, 0.3) is 16.2 Å². The predicted octanol–water partition coefficient (Wildman–Crippen LogP) is 1.87. The van der Waals surface area contributed by atoms with E-state index in [1.807, 2.05) is 30.5 Å². The van der Waals surface area contributed by atoms with Crippen molar-refractivity contribution in [2.75, 3.05) is 0 Å². The minimum atomic E-state index is -0.959. The summed E-state index contributed by atoms with van der Waals surface area (Å²) in [6, 6.07) is 7.02. The zero-order chi connectivity index (χ0) is 15.0. The lowest BCUT2D eigenvalue weighted by Gasteiger charge is -2.11. The van der Waals surface area contributed by atoms with Crippen molar-refractivity contribution in [3.05, 3.63) is 45.7 Å². The second-order valence-corrected chi connectivity index (χ2v) is 5.51. The molecule has 0 amide bonds. The summed E-state index contributed by atoms with van der Waals surface area (Å²) in [4.78, 5) is 24.0. The molecule has 0 atom stereocenters. The number of carbonyl (C=O) groups is 1. The third-order valence-electron chi connectivity index (χ3n) is 3.23. The molecular formula is C14H13N3O3S. The highest BCUT2D eigenvalue weighted by atomic mass is 32.1. The Morgan fingerprint density at radius 1 is 1.43 bits per heavy atom. The normalized spacial score (nSPS) is 11.1. The highest BCUT2D eigenvalue weighted by Crippen LogP contribution is 2.24. The van der Waals surface area contributed by atoms with Crippen LogP contribution in [-0.2, 0) is 17.8 Å². The summed E-state index contributed by atoms with van der Waals surface area (Å²) in [6.07, 6.45) is -0.181. The zero-order valence-corrected chi connectivity index (χ0v) is 12.1. The molecule has 3 rings (SSSR count). The largest absolute Gasteiger partial charge is 0.481 e. The Morgan fingerprint density at radius 2 is 2.24 bits per heavy atom. The number of rotatable bonds is 4. The molecule has 1 N–H and O–H groups in total. The van der Waals surface area contributed by atoms with Crippen molar-refractivity contribution in [3.8, 4) is 10.6 Å². The first-order valence-electron chi connectivity index (χ1n) is 6.48. The van der Waals surface area contributed by atoms with Crippen LogP contribution in [-0.4, -0.2) is 25.3 Å². The third kappa shape index (κ3) is 2.36. The lowest BCUT2D eigenvalue weighted by Crippen LogP contribution is -2.22. The molecule has 0 aliphatic heterocycles. The lowest BCUT2D eigenvalue weighted by atomic mass is 10.2. The van der Waals surface area contributed by atoms with Crippen LogP contribution in [0.2, 0.25) is 0 Å². The monoisotopic (exact) mass is 303 g/mol. The van der Waals surface area contributed by atoms with E-state index in [9.17, 15) is 9.59 Å². The Hall–Kier alpha value is -2.41. The third-order valence-corrected chi connectivity index (χ3v) is 4.13. The molecule has 3 heterocycles. The first-order chi connectivity index (χ1) is 10.1. The van der Waals surface area contributed by atoms with Crippen LogP contribution in [0, 0.1) is 0 Å². The van der Waals surface area contributed by atoms with Gasteiger partial charge in [-0.2, -0.15) is 9.61 Å². The second kappa shape index (κ2) is 5.17. The van der Waals surface area contributed by atoms with Gasteiger partial charge in [-0.05, 0) is 18.4 Å². The van der Waals surface area contributed by atoms with Crippen LogP contribution in [0.4, 0.5) is 0 Å². The van der Waals surface area contributed by atoms with E-state index in [1.54, 1.807) is 15.9 Å². The molecule has 21 heavy (non-hydrogen) atoms. The molecule has 0 radical (unpaired) electrons. The molecule has 0 saturated heterocycles. The van der Waals surface area contributed by atoms with E-state index in [-0.39, 0.29) is 12.0 Å². The van der Waals surface area contributed by atoms with Crippen LogP contribution in [0.1, 0.15) is 12.6 Å². The number of nitrogens with zero attached hydrogens (tertiary/aromatic N) is 3. The van der Waals surface area contributed by atoms with Crippen LogP contribution in [0.15, 0.2) is 34.4 Å². The zero-order valence-electron chi connectivity index (χ0n) is 11.3. The maximum atomic E-state index is 12.1. The minimum absolute atomic E-state index is 0.181. The first-order valence-corrected chi connectivity index (χ1v) is 7.36. The Kier molecular flexibility index (Phi) is 3.34. The summed E-state index contributed by atoms with van der Waals surface area (Å²) in [6.45, 7) is 2.48. The van der Waals surface area contributed by atoms with E-state index < -0.39 is 5.97 Å². The fourth-order valence-corrected chi connectivity index (χ4v) is 3.05. The van der Waals surface area contributed by atoms with Gasteiger partial charge in [0.25, 0.3) is 5.56 Å². The van der Waals surface area contributed by atoms with Crippen molar-refractivity contribution in [2.45, 2.75) is 19.9 Å². The number of aryl methyl sites for hydroxylation is 1. The summed E-state index contributed by atoms with van der Waals surface area (Å²) < 4.78 is 3.13. The van der Waals surface area contributed by atoms with Crippen molar-refractivity contribution in [1.82, 2.24) is 14.2 Å². The van der Waals surface area contributed by atoms with Gasteiger partial charge in [-0.15, -0.1) is 11.3 Å². The Morgan fingerprint density at radius 3 is 2.86 bits per heavy atom. The number of thiophene rings is 1. The molecule has 3 aromatic heterocycles. The van der Waals surface area contributed by atoms with E-state index in [2.05, 4.69) is 5.10 Å². The molecule has 0 saturated carbocycles. The number of hydrogen-bond acceptors (Lipinski definition) is 4. The fraction of sp³-hybridized carbons (Fsp3) is 0.214. The number of aromatic nitrogens is 3. The van der Waals surface area contributed by atoms with E-state index in [4.69, 9.17) is 5.11 Å². The summed E-state index contributed by atoms with van der Waals surface area (Å²) in [5.74, 6) is -0.959. The standard InChI is InChI=1S/C14H13N3O3S/c1-2-16-9(7-14(19)20)6-13(18)17-12(16)8-10(15-17)11-4-3-5-21-11/h3-6,8H,2,7H2,1H3,(H,19,20). The van der Waals surface area contributed by atoms with Gasteiger partial charge in [0.2, 0.25) is 0 Å². The molecule has 0 aliphatic carbocycles. The average molecular weight is 303 g/mol. The van der Waals surface area contributed by atoms with Crippen LogP contribution in [0.3, 0.4) is 0 Å². The summed E-state index contributed by atoms with van der Waals surface area (Å²) in [7, 11) is 0. The Balaban J connectivity index is 2.26. The molecule has 7 heteroatoms. The minimum Gasteiger partial charge on any atom is -0.481 e. The second-order valence-electron chi connectivity index (χ2n) is 4.57. The first kappa shape index (κ1) is 13.6. The molecule has 0 fully saturated rings. The lowest BCUT2D eigenvalue weighted by molar-refractivity contribution is -0.136. The van der Waals surface area contributed by atoms with Crippen molar-refractivity contribution in [2.24, 2.45) is 0 Å². The van der Waals surface area contributed by atoms with Gasteiger partial charge >= 0.3 is 5.97 Å². The maximum Gasteiger partial charge on any atom is 0.309 e. The van der Waals surface area contributed by atoms with Gasteiger partial charge in [-0.3, -0.25) is 9.59 Å².